The molecule has 0 saturated carbocycles. The molecule has 0 atom stereocenters. The second-order valence-corrected chi connectivity index (χ2v) is 5.57. The monoisotopic (exact) mass is 315 g/mol. The third kappa shape index (κ3) is 3.68. The number of morpholine rings is 1. The number of carbonyl (C=O) groups is 1. The van der Waals surface area contributed by atoms with Gasteiger partial charge in [0.15, 0.2) is 0 Å². The van der Waals surface area contributed by atoms with Crippen LogP contribution in [0.1, 0.15) is 11.4 Å². The van der Waals surface area contributed by atoms with Crippen molar-refractivity contribution in [1.82, 2.24) is 14.5 Å². The van der Waals surface area contributed by atoms with Gasteiger partial charge in [0.25, 0.3) is 0 Å². The standard InChI is InChI=1S/C16H21N5O2/c1-12-15(19-14(22)11-20-5-3-4-6-20)13(2)18-16(17-12)21-7-9-23-10-8-21/h3-6H,7-11H2,1-2H3,(H,19,22). The number of anilines is 2. The van der Waals surface area contributed by atoms with Gasteiger partial charge < -0.3 is 19.5 Å². The largest absolute Gasteiger partial charge is 0.378 e. The van der Waals surface area contributed by atoms with Crippen LogP contribution in [-0.4, -0.2) is 46.7 Å². The molecule has 7 heteroatoms. The quantitative estimate of drug-likeness (QED) is 0.922. The van der Waals surface area contributed by atoms with Crippen molar-refractivity contribution in [1.29, 1.82) is 0 Å². The molecule has 1 aliphatic rings. The predicted octanol–water partition coefficient (Wildman–Crippen LogP) is 1.37. The molecule has 0 aliphatic carbocycles. The zero-order chi connectivity index (χ0) is 16.2. The minimum absolute atomic E-state index is 0.0878. The van der Waals surface area contributed by atoms with Gasteiger partial charge in [-0.3, -0.25) is 4.79 Å². The van der Waals surface area contributed by atoms with Gasteiger partial charge in [0, 0.05) is 25.5 Å². The van der Waals surface area contributed by atoms with Crippen LogP contribution in [-0.2, 0) is 16.1 Å². The fourth-order valence-electron chi connectivity index (χ4n) is 2.60. The summed E-state index contributed by atoms with van der Waals surface area (Å²) in [6.45, 7) is 7.02. The number of ether oxygens (including phenoxy) is 1. The summed E-state index contributed by atoms with van der Waals surface area (Å²) in [7, 11) is 0. The van der Waals surface area contributed by atoms with Gasteiger partial charge in [0.1, 0.15) is 6.54 Å². The molecule has 23 heavy (non-hydrogen) atoms. The second kappa shape index (κ2) is 6.78. The molecule has 7 nitrogen and oxygen atoms in total. The molecule has 1 fully saturated rings. The number of aryl methyl sites for hydroxylation is 2. The Kier molecular flexibility index (Phi) is 4.57. The number of hydrogen-bond acceptors (Lipinski definition) is 5. The van der Waals surface area contributed by atoms with Crippen LogP contribution in [0, 0.1) is 13.8 Å². The highest BCUT2D eigenvalue weighted by Crippen LogP contribution is 2.21. The Labute approximate surface area is 135 Å². The third-order valence-corrected chi connectivity index (χ3v) is 3.81. The summed E-state index contributed by atoms with van der Waals surface area (Å²) in [6.07, 6.45) is 3.72. The first-order valence-electron chi connectivity index (χ1n) is 7.72. The molecule has 1 amide bonds. The van der Waals surface area contributed by atoms with E-state index >= 15 is 0 Å². The van der Waals surface area contributed by atoms with E-state index in [1.165, 1.54) is 0 Å². The van der Waals surface area contributed by atoms with Gasteiger partial charge >= 0.3 is 0 Å². The van der Waals surface area contributed by atoms with Crippen molar-refractivity contribution in [2.75, 3.05) is 36.5 Å². The molecular weight excluding hydrogens is 294 g/mol. The van der Waals surface area contributed by atoms with Gasteiger partial charge in [-0.2, -0.15) is 0 Å². The summed E-state index contributed by atoms with van der Waals surface area (Å²) in [5.41, 5.74) is 2.25. The smallest absolute Gasteiger partial charge is 0.244 e. The van der Waals surface area contributed by atoms with Crippen LogP contribution in [0.3, 0.4) is 0 Å². The van der Waals surface area contributed by atoms with E-state index in [4.69, 9.17) is 4.74 Å². The molecular formula is C16H21N5O2. The Morgan fingerprint density at radius 3 is 2.39 bits per heavy atom. The van der Waals surface area contributed by atoms with Crippen molar-refractivity contribution >= 4 is 17.5 Å². The first-order chi connectivity index (χ1) is 11.1. The lowest BCUT2D eigenvalue weighted by molar-refractivity contribution is -0.116. The Hall–Kier alpha value is -2.41. The second-order valence-electron chi connectivity index (χ2n) is 5.57. The lowest BCUT2D eigenvalue weighted by Crippen LogP contribution is -2.37. The summed E-state index contributed by atoms with van der Waals surface area (Å²) in [6, 6.07) is 3.79. The highest BCUT2D eigenvalue weighted by Gasteiger charge is 2.17. The van der Waals surface area contributed by atoms with E-state index in [2.05, 4.69) is 20.2 Å². The van der Waals surface area contributed by atoms with E-state index in [0.717, 1.165) is 24.5 Å². The fourth-order valence-corrected chi connectivity index (χ4v) is 2.60. The lowest BCUT2D eigenvalue weighted by atomic mass is 10.2. The third-order valence-electron chi connectivity index (χ3n) is 3.81. The Balaban J connectivity index is 1.73. The van der Waals surface area contributed by atoms with E-state index in [1.807, 2.05) is 42.9 Å². The first kappa shape index (κ1) is 15.5. The summed E-state index contributed by atoms with van der Waals surface area (Å²) in [4.78, 5) is 23.4. The highest BCUT2D eigenvalue weighted by molar-refractivity contribution is 5.91. The van der Waals surface area contributed by atoms with Crippen LogP contribution in [0.4, 0.5) is 11.6 Å². The molecule has 1 aliphatic heterocycles. The van der Waals surface area contributed by atoms with Gasteiger partial charge in [-0.1, -0.05) is 0 Å². The van der Waals surface area contributed by atoms with Crippen molar-refractivity contribution in [3.8, 4) is 0 Å². The zero-order valence-corrected chi connectivity index (χ0v) is 13.5. The SMILES string of the molecule is Cc1nc(N2CCOCC2)nc(C)c1NC(=O)Cn1cccc1. The van der Waals surface area contributed by atoms with Crippen LogP contribution in [0.2, 0.25) is 0 Å². The van der Waals surface area contributed by atoms with Gasteiger partial charge in [-0.25, -0.2) is 9.97 Å². The van der Waals surface area contributed by atoms with E-state index < -0.39 is 0 Å². The highest BCUT2D eigenvalue weighted by atomic mass is 16.5. The molecule has 3 heterocycles. The summed E-state index contributed by atoms with van der Waals surface area (Å²) in [5.74, 6) is 0.613. The summed E-state index contributed by atoms with van der Waals surface area (Å²) < 4.78 is 7.17. The van der Waals surface area contributed by atoms with Crippen LogP contribution < -0.4 is 10.2 Å². The van der Waals surface area contributed by atoms with Gasteiger partial charge in [-0.05, 0) is 26.0 Å². The molecule has 0 spiro atoms. The van der Waals surface area contributed by atoms with E-state index in [1.54, 1.807) is 0 Å². The molecule has 1 N–H and O–H groups in total. The first-order valence-corrected chi connectivity index (χ1v) is 7.72. The molecule has 0 bridgehead atoms. The average Bonchev–Trinajstić information content (AvgIpc) is 3.04. The molecule has 1 saturated heterocycles. The topological polar surface area (TPSA) is 72.3 Å². The minimum atomic E-state index is -0.0878. The number of nitrogens with zero attached hydrogens (tertiary/aromatic N) is 4. The maximum absolute atomic E-state index is 12.2. The van der Waals surface area contributed by atoms with Crippen molar-refractivity contribution in [2.45, 2.75) is 20.4 Å². The van der Waals surface area contributed by atoms with Crippen molar-refractivity contribution in [2.24, 2.45) is 0 Å². The number of rotatable bonds is 4. The summed E-state index contributed by atoms with van der Waals surface area (Å²) in [5, 5.41) is 2.92. The number of hydrogen-bond donors (Lipinski definition) is 1. The predicted molar refractivity (Wildman–Crippen MR) is 87.6 cm³/mol. The molecule has 0 radical (unpaired) electrons. The maximum atomic E-state index is 12.2. The number of aromatic nitrogens is 3. The van der Waals surface area contributed by atoms with Crippen LogP contribution in [0.5, 0.6) is 0 Å². The Morgan fingerprint density at radius 2 is 1.78 bits per heavy atom. The molecule has 2 aromatic rings. The van der Waals surface area contributed by atoms with E-state index in [9.17, 15) is 4.79 Å². The number of nitrogens with one attached hydrogen (secondary N) is 1. The van der Waals surface area contributed by atoms with Gasteiger partial charge in [-0.15, -0.1) is 0 Å². The zero-order valence-electron chi connectivity index (χ0n) is 13.5. The minimum Gasteiger partial charge on any atom is -0.378 e. The number of carbonyl (C=O) groups excluding carboxylic acids is 1. The van der Waals surface area contributed by atoms with Crippen LogP contribution >= 0.6 is 0 Å². The molecule has 2 aromatic heterocycles. The van der Waals surface area contributed by atoms with Gasteiger partial charge in [0.05, 0.1) is 30.3 Å². The van der Waals surface area contributed by atoms with Crippen molar-refractivity contribution in [3.05, 3.63) is 35.9 Å². The van der Waals surface area contributed by atoms with Crippen LogP contribution in [0.25, 0.3) is 0 Å². The molecule has 0 unspecified atom stereocenters. The Bertz CT molecular complexity index is 655. The maximum Gasteiger partial charge on any atom is 0.244 e. The lowest BCUT2D eigenvalue weighted by Gasteiger charge is -2.27. The van der Waals surface area contributed by atoms with Crippen molar-refractivity contribution in [3.63, 3.8) is 0 Å². The molecule has 122 valence electrons. The van der Waals surface area contributed by atoms with Gasteiger partial charge in [0.2, 0.25) is 11.9 Å². The van der Waals surface area contributed by atoms with Crippen LogP contribution in [0.15, 0.2) is 24.5 Å². The molecule has 3 rings (SSSR count). The average molecular weight is 315 g/mol. The fraction of sp³-hybridized carbons (Fsp3) is 0.438. The number of amides is 1. The molecule has 0 aromatic carbocycles. The normalized spacial score (nSPS) is 14.8. The van der Waals surface area contributed by atoms with E-state index in [0.29, 0.717) is 24.8 Å². The van der Waals surface area contributed by atoms with Crippen molar-refractivity contribution < 1.29 is 9.53 Å². The van der Waals surface area contributed by atoms with E-state index in [-0.39, 0.29) is 12.5 Å². The Morgan fingerprint density at radius 1 is 1.17 bits per heavy atom. The summed E-state index contributed by atoms with van der Waals surface area (Å²) >= 11 is 0.